The van der Waals surface area contributed by atoms with Gasteiger partial charge in [-0.05, 0) is 88.6 Å². The molecule has 4 aromatic rings. The summed E-state index contributed by atoms with van der Waals surface area (Å²) in [6.07, 6.45) is 12.1. The minimum atomic E-state index is 0.0284. The van der Waals surface area contributed by atoms with Gasteiger partial charge in [0, 0.05) is 5.92 Å². The van der Waals surface area contributed by atoms with Crippen LogP contribution in [0.4, 0.5) is 0 Å². The van der Waals surface area contributed by atoms with Gasteiger partial charge < -0.3 is 10.2 Å². The smallest absolute Gasteiger partial charge is 0.119 e. The van der Waals surface area contributed by atoms with E-state index in [1.165, 1.54) is 66.3 Å². The lowest BCUT2D eigenvalue weighted by molar-refractivity contribution is 0.413. The van der Waals surface area contributed by atoms with Gasteiger partial charge in [0.15, 0.2) is 0 Å². The second kappa shape index (κ2) is 11.7. The van der Waals surface area contributed by atoms with Crippen LogP contribution >= 0.6 is 0 Å². The van der Waals surface area contributed by atoms with Crippen molar-refractivity contribution in [2.75, 3.05) is 0 Å². The van der Waals surface area contributed by atoms with Crippen molar-refractivity contribution in [3.05, 3.63) is 119 Å². The van der Waals surface area contributed by atoms with Crippen molar-refractivity contribution in [1.82, 2.24) is 0 Å². The number of rotatable bonds is 6. The molecule has 0 unspecified atom stereocenters. The minimum absolute atomic E-state index is 0.0284. The zero-order chi connectivity index (χ0) is 26.6. The number of hydrogen-bond donors (Lipinski definition) is 2. The fourth-order valence-electron chi connectivity index (χ4n) is 7.06. The van der Waals surface area contributed by atoms with Crippen molar-refractivity contribution in [3.63, 3.8) is 0 Å². The third kappa shape index (κ3) is 5.62. The average molecular weight is 517 g/mol. The van der Waals surface area contributed by atoms with E-state index >= 15 is 0 Å². The highest BCUT2D eigenvalue weighted by atomic mass is 16.3. The Kier molecular flexibility index (Phi) is 7.72. The number of hydrogen-bond acceptors (Lipinski definition) is 2. The number of benzene rings is 4. The minimum Gasteiger partial charge on any atom is -0.508 e. The Labute approximate surface area is 233 Å². The quantitative estimate of drug-likeness (QED) is 0.250. The van der Waals surface area contributed by atoms with E-state index in [2.05, 4.69) is 78.9 Å². The van der Waals surface area contributed by atoms with Crippen molar-refractivity contribution < 1.29 is 10.2 Å². The lowest BCUT2D eigenvalue weighted by Gasteiger charge is -2.27. The topological polar surface area (TPSA) is 40.5 Å². The Morgan fingerprint density at radius 1 is 0.462 bits per heavy atom. The molecule has 2 aliphatic carbocycles. The van der Waals surface area contributed by atoms with Crippen LogP contribution in [-0.2, 0) is 0 Å². The molecule has 0 spiro atoms. The summed E-state index contributed by atoms with van der Waals surface area (Å²) in [7, 11) is 0. The highest BCUT2D eigenvalue weighted by molar-refractivity contribution is 5.64. The third-order valence-corrected chi connectivity index (χ3v) is 9.21. The van der Waals surface area contributed by atoms with Crippen molar-refractivity contribution in [1.29, 1.82) is 0 Å². The zero-order valence-corrected chi connectivity index (χ0v) is 22.9. The Bertz CT molecular complexity index is 1310. The maximum absolute atomic E-state index is 10.9. The lowest BCUT2D eigenvalue weighted by atomic mass is 9.78. The van der Waals surface area contributed by atoms with Crippen LogP contribution in [0.3, 0.4) is 0 Å². The fraction of sp³-hybridized carbons (Fsp3) is 0.351. The van der Waals surface area contributed by atoms with Crippen molar-refractivity contribution in [3.8, 4) is 22.6 Å². The molecule has 2 saturated carbocycles. The maximum atomic E-state index is 10.9. The molecular formula is C37H40O2. The molecule has 0 aromatic heterocycles. The molecule has 0 aliphatic heterocycles. The highest BCUT2D eigenvalue weighted by Gasteiger charge is 2.25. The molecule has 2 fully saturated rings. The van der Waals surface area contributed by atoms with Crippen molar-refractivity contribution in [2.45, 2.75) is 82.0 Å². The summed E-state index contributed by atoms with van der Waals surface area (Å²) in [5.74, 6) is 1.74. The third-order valence-electron chi connectivity index (χ3n) is 9.21. The molecule has 0 saturated heterocycles. The van der Waals surface area contributed by atoms with E-state index in [4.69, 9.17) is 0 Å². The van der Waals surface area contributed by atoms with E-state index < -0.39 is 0 Å². The van der Waals surface area contributed by atoms with Crippen LogP contribution < -0.4 is 0 Å². The standard InChI is InChI=1S/C37H40O2/c38-35-22-20-31(24-33(35)28-12-6-2-7-13-28)37(30-18-16-27(17-19-30)26-10-4-1-5-11-26)32-21-23-36(39)34(25-32)29-14-8-3-9-15-29/h1,4-5,10-11,16-25,28-29,37-39H,2-3,6-9,12-15H2. The Morgan fingerprint density at radius 2 is 0.897 bits per heavy atom. The molecule has 0 amide bonds. The SMILES string of the molecule is Oc1ccc(C(c2ccc(-c3ccccc3)cc2)c2ccc(O)c(C3CCCCC3)c2)cc1C1CCCCC1. The van der Waals surface area contributed by atoms with Gasteiger partial charge in [0.25, 0.3) is 0 Å². The van der Waals surface area contributed by atoms with Crippen molar-refractivity contribution in [2.24, 2.45) is 0 Å². The van der Waals surface area contributed by atoms with E-state index in [0.29, 0.717) is 23.3 Å². The van der Waals surface area contributed by atoms with Crippen LogP contribution in [0.2, 0.25) is 0 Å². The van der Waals surface area contributed by atoms with E-state index in [1.807, 2.05) is 12.1 Å². The fourth-order valence-corrected chi connectivity index (χ4v) is 7.06. The first-order chi connectivity index (χ1) is 19.2. The second-order valence-corrected chi connectivity index (χ2v) is 11.7. The van der Waals surface area contributed by atoms with Gasteiger partial charge in [0.1, 0.15) is 11.5 Å². The van der Waals surface area contributed by atoms with Crippen LogP contribution in [0, 0.1) is 0 Å². The first-order valence-electron chi connectivity index (χ1n) is 15.0. The molecule has 2 heteroatoms. The molecule has 0 radical (unpaired) electrons. The molecule has 200 valence electrons. The number of phenols is 2. The van der Waals surface area contributed by atoms with Gasteiger partial charge >= 0.3 is 0 Å². The molecule has 0 atom stereocenters. The molecule has 2 N–H and O–H groups in total. The van der Waals surface area contributed by atoms with Crippen LogP contribution in [0.1, 0.15) is 110 Å². The van der Waals surface area contributed by atoms with Crippen LogP contribution in [0.25, 0.3) is 11.1 Å². The van der Waals surface area contributed by atoms with Crippen LogP contribution in [-0.4, -0.2) is 10.2 Å². The van der Waals surface area contributed by atoms with Gasteiger partial charge in [0.2, 0.25) is 0 Å². The van der Waals surface area contributed by atoms with Gasteiger partial charge in [-0.2, -0.15) is 0 Å². The van der Waals surface area contributed by atoms with Gasteiger partial charge in [-0.3, -0.25) is 0 Å². The average Bonchev–Trinajstić information content (AvgIpc) is 3.00. The first kappa shape index (κ1) is 25.7. The van der Waals surface area contributed by atoms with Gasteiger partial charge in [-0.1, -0.05) is 117 Å². The summed E-state index contributed by atoms with van der Waals surface area (Å²) < 4.78 is 0. The molecule has 2 aliphatic rings. The summed E-state index contributed by atoms with van der Waals surface area (Å²) in [6.45, 7) is 0. The largest absolute Gasteiger partial charge is 0.508 e. The summed E-state index contributed by atoms with van der Waals surface area (Å²) in [5.41, 5.74) is 8.28. The monoisotopic (exact) mass is 516 g/mol. The van der Waals surface area contributed by atoms with E-state index in [9.17, 15) is 10.2 Å². The molecular weight excluding hydrogens is 476 g/mol. The molecule has 0 bridgehead atoms. The summed E-state index contributed by atoms with van der Waals surface area (Å²) in [4.78, 5) is 0. The Balaban J connectivity index is 1.44. The van der Waals surface area contributed by atoms with Gasteiger partial charge in [0.05, 0.1) is 0 Å². The Morgan fingerprint density at radius 3 is 1.38 bits per heavy atom. The highest BCUT2D eigenvalue weighted by Crippen LogP contribution is 2.43. The van der Waals surface area contributed by atoms with Gasteiger partial charge in [-0.15, -0.1) is 0 Å². The van der Waals surface area contributed by atoms with Crippen LogP contribution in [0.15, 0.2) is 91.0 Å². The molecule has 6 rings (SSSR count). The van der Waals surface area contributed by atoms with E-state index in [1.54, 1.807) is 0 Å². The predicted molar refractivity (Wildman–Crippen MR) is 161 cm³/mol. The first-order valence-corrected chi connectivity index (χ1v) is 15.0. The summed E-state index contributed by atoms with van der Waals surface area (Å²) >= 11 is 0. The normalized spacial score (nSPS) is 16.9. The Hall–Kier alpha value is -3.52. The lowest BCUT2D eigenvalue weighted by Crippen LogP contribution is -2.10. The molecule has 0 heterocycles. The number of phenolic OH excluding ortho intramolecular Hbond substituents is 2. The van der Waals surface area contributed by atoms with E-state index in [0.717, 1.165) is 36.8 Å². The van der Waals surface area contributed by atoms with E-state index in [-0.39, 0.29) is 5.92 Å². The maximum Gasteiger partial charge on any atom is 0.119 e. The second-order valence-electron chi connectivity index (χ2n) is 11.7. The number of aromatic hydroxyl groups is 2. The van der Waals surface area contributed by atoms with Crippen LogP contribution in [0.5, 0.6) is 11.5 Å². The van der Waals surface area contributed by atoms with Crippen molar-refractivity contribution >= 4 is 0 Å². The molecule has 4 aromatic carbocycles. The zero-order valence-electron chi connectivity index (χ0n) is 22.9. The molecule has 39 heavy (non-hydrogen) atoms. The molecule has 2 nitrogen and oxygen atoms in total. The summed E-state index contributed by atoms with van der Waals surface area (Å²) in [6, 6.07) is 32.1. The predicted octanol–water partition coefficient (Wildman–Crippen LogP) is 10.0. The van der Waals surface area contributed by atoms with Gasteiger partial charge in [-0.25, -0.2) is 0 Å². The summed E-state index contributed by atoms with van der Waals surface area (Å²) in [5, 5.41) is 21.8.